The van der Waals surface area contributed by atoms with Gasteiger partial charge in [-0.1, -0.05) is 68.8 Å². The number of nitrogens with one attached hydrogen (secondary N) is 1. The van der Waals surface area contributed by atoms with Gasteiger partial charge in [0, 0.05) is 36.8 Å². The number of aliphatic imine (C=N–C) groups is 1. The first-order valence-corrected chi connectivity index (χ1v) is 12.3. The fourth-order valence-electron chi connectivity index (χ4n) is 5.48. The second kappa shape index (κ2) is 10.9. The Balaban J connectivity index is 1.56. The summed E-state index contributed by atoms with van der Waals surface area (Å²) >= 11 is 0. The predicted molar refractivity (Wildman–Crippen MR) is 135 cm³/mol. The number of benzene rings is 1. The lowest BCUT2D eigenvalue weighted by Crippen LogP contribution is -2.52. The predicted octanol–water partition coefficient (Wildman–Crippen LogP) is 5.44. The van der Waals surface area contributed by atoms with Crippen LogP contribution in [0.25, 0.3) is 0 Å². The Morgan fingerprint density at radius 1 is 1.30 bits per heavy atom. The van der Waals surface area contributed by atoms with Crippen LogP contribution in [0.2, 0.25) is 0 Å². The number of nitrogens with zero attached hydrogens (tertiary/aromatic N) is 1. The molecule has 2 unspecified atom stereocenters. The fourth-order valence-corrected chi connectivity index (χ4v) is 5.48. The third kappa shape index (κ3) is 5.44. The van der Waals surface area contributed by atoms with Crippen molar-refractivity contribution < 1.29 is 9.53 Å². The molecule has 0 radical (unpaired) electrons. The SMILES string of the molecule is C=C[C@H]1CN[C@@H]([C@@H](OC(=O)CCc2ccccc2)C2=CC=NC3=CC=CC(C)C32)C[C@@H]1CC. The maximum atomic E-state index is 13.1. The number of fused-ring (bicyclic) bond motifs is 1. The second-order valence-electron chi connectivity index (χ2n) is 9.47. The average Bonchev–Trinajstić information content (AvgIpc) is 2.86. The van der Waals surface area contributed by atoms with Gasteiger partial charge in [-0.3, -0.25) is 9.79 Å². The van der Waals surface area contributed by atoms with Crippen molar-refractivity contribution in [3.63, 3.8) is 0 Å². The van der Waals surface area contributed by atoms with E-state index in [-0.39, 0.29) is 24.0 Å². The molecule has 0 aromatic heterocycles. The van der Waals surface area contributed by atoms with Crippen molar-refractivity contribution in [2.75, 3.05) is 6.54 Å². The second-order valence-corrected chi connectivity index (χ2v) is 9.47. The quantitative estimate of drug-likeness (QED) is 0.429. The number of esters is 1. The molecule has 0 bridgehead atoms. The van der Waals surface area contributed by atoms with E-state index >= 15 is 0 Å². The van der Waals surface area contributed by atoms with Crippen molar-refractivity contribution in [3.8, 4) is 0 Å². The van der Waals surface area contributed by atoms with Crippen LogP contribution in [-0.2, 0) is 16.0 Å². The topological polar surface area (TPSA) is 50.7 Å². The Morgan fingerprint density at radius 2 is 2.12 bits per heavy atom. The van der Waals surface area contributed by atoms with Crippen molar-refractivity contribution in [2.24, 2.45) is 28.7 Å². The van der Waals surface area contributed by atoms with Gasteiger partial charge in [0.25, 0.3) is 0 Å². The molecule has 2 aliphatic heterocycles. The van der Waals surface area contributed by atoms with Gasteiger partial charge in [-0.15, -0.1) is 6.58 Å². The summed E-state index contributed by atoms with van der Waals surface area (Å²) in [5.41, 5.74) is 3.37. The Hall–Kier alpha value is -2.72. The number of hydrogen-bond acceptors (Lipinski definition) is 4. The third-order valence-electron chi connectivity index (χ3n) is 7.39. The molecule has 4 nitrogen and oxygen atoms in total. The molecule has 1 saturated heterocycles. The fraction of sp³-hybridized carbons (Fsp3) is 0.448. The molecule has 4 rings (SSSR count). The van der Waals surface area contributed by atoms with E-state index in [4.69, 9.17) is 4.74 Å². The molecular weight excluding hydrogens is 408 g/mol. The standard InChI is InChI=1S/C29H36N2O2/c1-4-22-18-26(31-19-23(22)5-2)29(33-27(32)15-14-21-11-7-6-8-12-21)24-16-17-30-25-13-9-10-20(3)28(24)25/h5-13,16-17,20,22-23,26,28-29,31H,2,4,14-15,18-19H2,1,3H3/t20?,22-,23-,26+,28?,29-/m0/s1. The highest BCUT2D eigenvalue weighted by molar-refractivity contribution is 5.77. The number of carbonyl (C=O) groups excluding carboxylic acids is 1. The molecule has 2 heterocycles. The molecule has 4 heteroatoms. The van der Waals surface area contributed by atoms with E-state index in [1.165, 1.54) is 0 Å². The van der Waals surface area contributed by atoms with E-state index in [0.29, 0.717) is 30.6 Å². The Kier molecular flexibility index (Phi) is 7.77. The lowest BCUT2D eigenvalue weighted by molar-refractivity contribution is -0.149. The number of hydrogen-bond donors (Lipinski definition) is 1. The zero-order valence-corrected chi connectivity index (χ0v) is 19.8. The van der Waals surface area contributed by atoms with Gasteiger partial charge in [-0.2, -0.15) is 0 Å². The van der Waals surface area contributed by atoms with E-state index in [2.05, 4.69) is 73.2 Å². The molecule has 1 aromatic carbocycles. The van der Waals surface area contributed by atoms with Gasteiger partial charge in [0.2, 0.25) is 0 Å². The highest BCUT2D eigenvalue weighted by Gasteiger charge is 2.40. The van der Waals surface area contributed by atoms with Gasteiger partial charge < -0.3 is 10.1 Å². The molecule has 6 atom stereocenters. The molecule has 1 N–H and O–H groups in total. The molecule has 0 amide bonds. The van der Waals surface area contributed by atoms with Crippen LogP contribution in [0.1, 0.15) is 38.7 Å². The first-order valence-electron chi connectivity index (χ1n) is 12.3. The van der Waals surface area contributed by atoms with Crippen LogP contribution in [0, 0.1) is 23.7 Å². The molecule has 1 aliphatic carbocycles. The van der Waals surface area contributed by atoms with Crippen molar-refractivity contribution >= 4 is 12.2 Å². The van der Waals surface area contributed by atoms with Crippen LogP contribution < -0.4 is 5.32 Å². The van der Waals surface area contributed by atoms with Crippen LogP contribution in [0.5, 0.6) is 0 Å². The van der Waals surface area contributed by atoms with Gasteiger partial charge in [-0.05, 0) is 53.9 Å². The van der Waals surface area contributed by atoms with E-state index in [1.807, 2.05) is 24.4 Å². The Morgan fingerprint density at radius 3 is 2.88 bits per heavy atom. The number of allylic oxidation sites excluding steroid dienone is 5. The van der Waals surface area contributed by atoms with Crippen LogP contribution in [0.15, 0.2) is 83.6 Å². The van der Waals surface area contributed by atoms with E-state index in [9.17, 15) is 4.79 Å². The minimum atomic E-state index is -0.304. The summed E-state index contributed by atoms with van der Waals surface area (Å²) in [4.78, 5) is 17.7. The van der Waals surface area contributed by atoms with Crippen LogP contribution >= 0.6 is 0 Å². The lowest BCUT2D eigenvalue weighted by atomic mass is 9.73. The van der Waals surface area contributed by atoms with Crippen molar-refractivity contribution in [2.45, 2.75) is 51.7 Å². The summed E-state index contributed by atoms with van der Waals surface area (Å²) in [5.74, 6) is 1.31. The summed E-state index contributed by atoms with van der Waals surface area (Å²) in [6.45, 7) is 9.37. The smallest absolute Gasteiger partial charge is 0.306 e. The van der Waals surface area contributed by atoms with E-state index < -0.39 is 0 Å². The summed E-state index contributed by atoms with van der Waals surface area (Å²) in [6, 6.07) is 10.2. The molecule has 1 fully saturated rings. The summed E-state index contributed by atoms with van der Waals surface area (Å²) < 4.78 is 6.30. The Labute approximate surface area is 198 Å². The van der Waals surface area contributed by atoms with Crippen LogP contribution in [0.4, 0.5) is 0 Å². The number of dihydropyridines is 1. The minimum Gasteiger partial charge on any atom is -0.456 e. The number of carbonyl (C=O) groups is 1. The number of piperidine rings is 1. The normalized spacial score (nSPS) is 29.5. The van der Waals surface area contributed by atoms with Gasteiger partial charge in [0.05, 0.1) is 0 Å². The summed E-state index contributed by atoms with van der Waals surface area (Å²) in [5, 5.41) is 3.70. The van der Waals surface area contributed by atoms with Gasteiger partial charge >= 0.3 is 5.97 Å². The first-order chi connectivity index (χ1) is 16.1. The van der Waals surface area contributed by atoms with Gasteiger partial charge in [-0.25, -0.2) is 0 Å². The summed E-state index contributed by atoms with van der Waals surface area (Å²) in [6.07, 6.45) is 15.2. The molecule has 0 saturated carbocycles. The number of ether oxygens (including phenoxy) is 1. The van der Waals surface area contributed by atoms with Gasteiger partial charge in [0.15, 0.2) is 0 Å². The van der Waals surface area contributed by atoms with Crippen molar-refractivity contribution in [1.82, 2.24) is 5.32 Å². The first kappa shape index (κ1) is 23.4. The molecular formula is C29H36N2O2. The van der Waals surface area contributed by atoms with Gasteiger partial charge in [0.1, 0.15) is 6.10 Å². The van der Waals surface area contributed by atoms with Crippen molar-refractivity contribution in [3.05, 3.63) is 84.1 Å². The highest BCUT2D eigenvalue weighted by atomic mass is 16.5. The average molecular weight is 445 g/mol. The van der Waals surface area contributed by atoms with E-state index in [0.717, 1.165) is 36.2 Å². The van der Waals surface area contributed by atoms with Crippen LogP contribution in [-0.4, -0.2) is 30.9 Å². The Bertz CT molecular complexity index is 959. The largest absolute Gasteiger partial charge is 0.456 e. The minimum absolute atomic E-state index is 0.0870. The molecule has 0 spiro atoms. The highest BCUT2D eigenvalue weighted by Crippen LogP contribution is 2.40. The monoisotopic (exact) mass is 444 g/mol. The molecule has 1 aromatic rings. The van der Waals surface area contributed by atoms with Crippen LogP contribution in [0.3, 0.4) is 0 Å². The maximum Gasteiger partial charge on any atom is 0.306 e. The molecule has 3 aliphatic rings. The lowest BCUT2D eigenvalue weighted by Gasteiger charge is -2.42. The maximum absolute atomic E-state index is 13.1. The molecule has 33 heavy (non-hydrogen) atoms. The number of rotatable bonds is 8. The molecule has 174 valence electrons. The zero-order valence-electron chi connectivity index (χ0n) is 19.8. The zero-order chi connectivity index (χ0) is 23.2. The van der Waals surface area contributed by atoms with E-state index in [1.54, 1.807) is 0 Å². The third-order valence-corrected chi connectivity index (χ3v) is 7.39. The summed E-state index contributed by atoms with van der Waals surface area (Å²) in [7, 11) is 0. The van der Waals surface area contributed by atoms with Crippen molar-refractivity contribution in [1.29, 1.82) is 0 Å². The number of aryl methyl sites for hydroxylation is 1.